The summed E-state index contributed by atoms with van der Waals surface area (Å²) in [5, 5.41) is 0. The summed E-state index contributed by atoms with van der Waals surface area (Å²) < 4.78 is 26.2. The highest BCUT2D eigenvalue weighted by molar-refractivity contribution is 7.46. The minimum atomic E-state index is -4.76. The number of rotatable bonds is 32. The van der Waals surface area contributed by atoms with E-state index in [4.69, 9.17) is 19.3 Å². The molecule has 1 atom stereocenters. The van der Waals surface area contributed by atoms with Gasteiger partial charge in [-0.05, 0) is 44.9 Å². The summed E-state index contributed by atoms with van der Waals surface area (Å²) in [6.07, 6.45) is 35.9. The Kier molecular flexibility index (Phi) is 31.0. The van der Waals surface area contributed by atoms with Gasteiger partial charge in [0.05, 0.1) is 6.61 Å². The molecule has 9 heteroatoms. The van der Waals surface area contributed by atoms with E-state index in [9.17, 15) is 14.2 Å². The van der Waals surface area contributed by atoms with Gasteiger partial charge >= 0.3 is 19.8 Å². The summed E-state index contributed by atoms with van der Waals surface area (Å²) in [6, 6.07) is 0. The summed E-state index contributed by atoms with van der Waals surface area (Å²) in [5.74, 6) is -0.948. The van der Waals surface area contributed by atoms with Gasteiger partial charge in [0.1, 0.15) is 6.61 Å². The van der Waals surface area contributed by atoms with Gasteiger partial charge in [-0.1, -0.05) is 140 Å². The number of allylic oxidation sites excluding steroid dienone is 6. The number of carbonyl (C=O) groups excluding carboxylic acids is 2. The first kappa shape index (κ1) is 43.3. The second-order valence-corrected chi connectivity index (χ2v) is 13.1. The van der Waals surface area contributed by atoms with Crippen LogP contribution < -0.4 is 0 Å². The van der Waals surface area contributed by atoms with Gasteiger partial charge in [0.2, 0.25) is 0 Å². The Hall–Kier alpha value is -1.73. The first-order chi connectivity index (χ1) is 21.8. The van der Waals surface area contributed by atoms with Crippen LogP contribution in [0.2, 0.25) is 0 Å². The molecule has 0 spiro atoms. The zero-order valence-corrected chi connectivity index (χ0v) is 29.4. The molecular weight excluding hydrogens is 591 g/mol. The average Bonchev–Trinajstić information content (AvgIpc) is 3.00. The van der Waals surface area contributed by atoms with E-state index in [1.165, 1.54) is 83.5 Å². The molecule has 8 nitrogen and oxygen atoms in total. The summed E-state index contributed by atoms with van der Waals surface area (Å²) in [4.78, 5) is 42.5. The Balaban J connectivity index is 4.09. The lowest BCUT2D eigenvalue weighted by Crippen LogP contribution is -2.29. The maximum Gasteiger partial charge on any atom is 0.469 e. The minimum Gasteiger partial charge on any atom is -0.462 e. The Morgan fingerprint density at radius 3 is 1.56 bits per heavy atom. The number of unbranched alkanes of at least 4 members (excludes halogenated alkanes) is 16. The molecule has 0 heterocycles. The molecule has 0 aliphatic carbocycles. The van der Waals surface area contributed by atoms with Gasteiger partial charge in [-0.2, -0.15) is 0 Å². The molecule has 0 saturated carbocycles. The van der Waals surface area contributed by atoms with Crippen molar-refractivity contribution in [3.63, 3.8) is 0 Å². The fraction of sp³-hybridized carbons (Fsp3) is 0.778. The maximum absolute atomic E-state index is 12.3. The van der Waals surface area contributed by atoms with E-state index < -0.39 is 32.5 Å². The number of carbonyl (C=O) groups is 2. The topological polar surface area (TPSA) is 119 Å². The second kappa shape index (κ2) is 32.2. The van der Waals surface area contributed by atoms with Crippen LogP contribution in [0.4, 0.5) is 0 Å². The van der Waals surface area contributed by atoms with Crippen LogP contribution in [0.25, 0.3) is 0 Å². The third-order valence-electron chi connectivity index (χ3n) is 7.41. The van der Waals surface area contributed by atoms with Crippen molar-refractivity contribution in [2.24, 2.45) is 0 Å². The van der Waals surface area contributed by atoms with Crippen molar-refractivity contribution in [1.29, 1.82) is 0 Å². The van der Waals surface area contributed by atoms with Crippen LogP contribution in [-0.4, -0.2) is 41.0 Å². The fourth-order valence-corrected chi connectivity index (χ4v) is 5.10. The molecule has 0 aromatic carbocycles. The van der Waals surface area contributed by atoms with Crippen molar-refractivity contribution in [3.05, 3.63) is 36.5 Å². The molecule has 0 aromatic rings. The molecule has 2 N–H and O–H groups in total. The number of hydrogen-bond acceptors (Lipinski definition) is 6. The number of phosphoric ester groups is 1. The Morgan fingerprint density at radius 1 is 0.578 bits per heavy atom. The third kappa shape index (κ3) is 35.0. The quantitative estimate of drug-likeness (QED) is 0.0318. The maximum atomic E-state index is 12.3. The Labute approximate surface area is 274 Å². The highest BCUT2D eigenvalue weighted by atomic mass is 31.2. The minimum absolute atomic E-state index is 0.141. The van der Waals surface area contributed by atoms with Gasteiger partial charge in [-0.25, -0.2) is 4.57 Å². The SMILES string of the molecule is CCCCCCCC/C=C/C/C=C/C/C=C/CCCC(=O)O[C@H](COC(=O)CCCCCCCCCCCC)COP(=O)(O)O. The van der Waals surface area contributed by atoms with Crippen LogP contribution in [0.15, 0.2) is 36.5 Å². The summed E-state index contributed by atoms with van der Waals surface area (Å²) in [7, 11) is -4.76. The predicted octanol–water partition coefficient (Wildman–Crippen LogP) is 10.2. The highest BCUT2D eigenvalue weighted by Crippen LogP contribution is 2.35. The third-order valence-corrected chi connectivity index (χ3v) is 7.90. The second-order valence-electron chi connectivity index (χ2n) is 11.8. The zero-order valence-electron chi connectivity index (χ0n) is 28.5. The number of hydrogen-bond donors (Lipinski definition) is 2. The lowest BCUT2D eigenvalue weighted by molar-refractivity contribution is -0.161. The van der Waals surface area contributed by atoms with Crippen molar-refractivity contribution in [2.75, 3.05) is 13.2 Å². The smallest absolute Gasteiger partial charge is 0.462 e. The molecule has 0 aromatic heterocycles. The van der Waals surface area contributed by atoms with E-state index >= 15 is 0 Å². The molecular formula is C36H65O8P. The molecule has 45 heavy (non-hydrogen) atoms. The van der Waals surface area contributed by atoms with Gasteiger partial charge in [0.25, 0.3) is 0 Å². The largest absolute Gasteiger partial charge is 0.469 e. The summed E-state index contributed by atoms with van der Waals surface area (Å²) in [6.45, 7) is 3.60. The molecule has 0 aliphatic heterocycles. The van der Waals surface area contributed by atoms with Gasteiger partial charge < -0.3 is 19.3 Å². The van der Waals surface area contributed by atoms with Gasteiger partial charge in [0.15, 0.2) is 6.10 Å². The molecule has 0 rings (SSSR count). The molecule has 0 bridgehead atoms. The van der Waals surface area contributed by atoms with E-state index in [2.05, 4.69) is 48.8 Å². The van der Waals surface area contributed by atoms with Crippen molar-refractivity contribution in [1.82, 2.24) is 0 Å². The Bertz CT molecular complexity index is 833. The monoisotopic (exact) mass is 656 g/mol. The van der Waals surface area contributed by atoms with Crippen molar-refractivity contribution in [3.8, 4) is 0 Å². The van der Waals surface area contributed by atoms with Gasteiger partial charge in [-0.15, -0.1) is 0 Å². The molecule has 0 unspecified atom stereocenters. The number of ether oxygens (including phenoxy) is 2. The summed E-state index contributed by atoms with van der Waals surface area (Å²) >= 11 is 0. The van der Waals surface area contributed by atoms with Crippen molar-refractivity contribution < 1.29 is 37.9 Å². The normalized spacial score (nSPS) is 12.9. The zero-order chi connectivity index (χ0) is 33.3. The standard InChI is InChI=1S/C36H65O8P/c1-3-5-7-9-11-13-15-16-17-18-19-20-21-23-25-27-29-31-36(38)44-34(33-43-45(39,40)41)32-42-35(37)30-28-26-24-22-14-12-10-8-6-4-2/h16-17,19-20,23,25,34H,3-15,18,21-22,24,26-33H2,1-2H3,(H2,39,40,41)/b17-16+,20-19+,25-23+/t34-/m1/s1. The van der Waals surface area contributed by atoms with E-state index in [1.54, 1.807) is 0 Å². The van der Waals surface area contributed by atoms with Crippen LogP contribution in [0.5, 0.6) is 0 Å². The molecule has 0 fully saturated rings. The van der Waals surface area contributed by atoms with E-state index in [-0.39, 0.29) is 19.4 Å². The average molecular weight is 657 g/mol. The van der Waals surface area contributed by atoms with Gasteiger partial charge in [-0.3, -0.25) is 14.1 Å². The first-order valence-electron chi connectivity index (χ1n) is 17.8. The van der Waals surface area contributed by atoms with Crippen LogP contribution in [0.1, 0.15) is 162 Å². The van der Waals surface area contributed by atoms with Crippen molar-refractivity contribution >= 4 is 19.8 Å². The van der Waals surface area contributed by atoms with Crippen LogP contribution in [-0.2, 0) is 28.2 Å². The summed E-state index contributed by atoms with van der Waals surface area (Å²) in [5.41, 5.74) is 0. The molecule has 0 amide bonds. The van der Waals surface area contributed by atoms with Gasteiger partial charge in [0, 0.05) is 12.8 Å². The number of phosphoric acid groups is 1. The molecule has 0 saturated heterocycles. The van der Waals surface area contributed by atoms with E-state index in [1.807, 2.05) is 6.08 Å². The first-order valence-corrected chi connectivity index (χ1v) is 19.3. The van der Waals surface area contributed by atoms with Crippen LogP contribution in [0.3, 0.4) is 0 Å². The number of esters is 2. The van der Waals surface area contributed by atoms with Crippen molar-refractivity contribution in [2.45, 2.75) is 168 Å². The lowest BCUT2D eigenvalue weighted by atomic mass is 10.1. The molecule has 262 valence electrons. The van der Waals surface area contributed by atoms with Crippen LogP contribution in [0, 0.1) is 0 Å². The predicted molar refractivity (Wildman–Crippen MR) is 184 cm³/mol. The Morgan fingerprint density at radius 2 is 1.02 bits per heavy atom. The van der Waals surface area contributed by atoms with E-state index in [0.29, 0.717) is 12.8 Å². The van der Waals surface area contributed by atoms with E-state index in [0.717, 1.165) is 38.5 Å². The molecule has 0 aliphatic rings. The molecule has 0 radical (unpaired) electrons. The fourth-order valence-electron chi connectivity index (χ4n) is 4.74. The lowest BCUT2D eigenvalue weighted by Gasteiger charge is -2.18. The highest BCUT2D eigenvalue weighted by Gasteiger charge is 2.22. The van der Waals surface area contributed by atoms with Crippen LogP contribution >= 0.6 is 7.82 Å².